The minimum Gasteiger partial charge on any atom is -0.388 e. The molecule has 2 fully saturated rings. The molecule has 4 rings (SSSR count). The second-order valence-electron chi connectivity index (χ2n) is 6.48. The highest BCUT2D eigenvalue weighted by molar-refractivity contribution is 7.99. The van der Waals surface area contributed by atoms with Gasteiger partial charge < -0.3 is 25.1 Å². The SMILES string of the molecule is N[C@@H]1[C@@H](O)[C@@H](Sc2ccc(Cl)c(Cl)c2)O[C@@H]2COC(c3ccccc3)O[C@H]12. The maximum absolute atomic E-state index is 10.7. The van der Waals surface area contributed by atoms with Gasteiger partial charge in [-0.1, -0.05) is 65.3 Å². The van der Waals surface area contributed by atoms with Crippen molar-refractivity contribution >= 4 is 35.0 Å². The molecule has 0 amide bonds. The summed E-state index contributed by atoms with van der Waals surface area (Å²) in [6, 6.07) is 14.3. The highest BCUT2D eigenvalue weighted by atomic mass is 35.5. The smallest absolute Gasteiger partial charge is 0.184 e. The molecule has 0 aliphatic carbocycles. The highest BCUT2D eigenvalue weighted by Gasteiger charge is 2.48. The normalized spacial score (nSPS) is 33.5. The summed E-state index contributed by atoms with van der Waals surface area (Å²) in [5, 5.41) is 11.6. The van der Waals surface area contributed by atoms with E-state index in [1.54, 1.807) is 12.1 Å². The molecule has 2 saturated heterocycles. The molecule has 2 aliphatic heterocycles. The van der Waals surface area contributed by atoms with Crippen LogP contribution >= 0.6 is 35.0 Å². The van der Waals surface area contributed by atoms with Crippen molar-refractivity contribution in [1.82, 2.24) is 0 Å². The molecule has 2 aromatic rings. The summed E-state index contributed by atoms with van der Waals surface area (Å²) in [5.74, 6) is 0. The summed E-state index contributed by atoms with van der Waals surface area (Å²) in [4.78, 5) is 0.832. The van der Waals surface area contributed by atoms with Crippen LogP contribution in [0.4, 0.5) is 0 Å². The number of rotatable bonds is 3. The predicted octanol–water partition coefficient (Wildman–Crippen LogP) is 3.61. The van der Waals surface area contributed by atoms with Gasteiger partial charge in [0.1, 0.15) is 23.7 Å². The molecule has 5 nitrogen and oxygen atoms in total. The van der Waals surface area contributed by atoms with E-state index in [1.807, 2.05) is 36.4 Å². The van der Waals surface area contributed by atoms with Crippen LogP contribution in [0.25, 0.3) is 0 Å². The third kappa shape index (κ3) is 4.13. The van der Waals surface area contributed by atoms with E-state index in [1.165, 1.54) is 11.8 Å². The Morgan fingerprint density at radius 2 is 1.81 bits per heavy atom. The van der Waals surface area contributed by atoms with Crippen molar-refractivity contribution < 1.29 is 19.3 Å². The van der Waals surface area contributed by atoms with E-state index in [4.69, 9.17) is 43.1 Å². The summed E-state index contributed by atoms with van der Waals surface area (Å²) in [7, 11) is 0. The topological polar surface area (TPSA) is 73.9 Å². The first-order chi connectivity index (χ1) is 13.0. The molecule has 6 atom stereocenters. The second kappa shape index (κ2) is 8.27. The lowest BCUT2D eigenvalue weighted by Gasteiger charge is -2.47. The molecule has 8 heteroatoms. The van der Waals surface area contributed by atoms with Crippen LogP contribution in [0.1, 0.15) is 11.9 Å². The van der Waals surface area contributed by atoms with Crippen molar-refractivity contribution in [3.8, 4) is 0 Å². The largest absolute Gasteiger partial charge is 0.388 e. The van der Waals surface area contributed by atoms with Crippen molar-refractivity contribution in [3.05, 3.63) is 64.1 Å². The number of benzene rings is 2. The van der Waals surface area contributed by atoms with Crippen LogP contribution in [-0.2, 0) is 14.2 Å². The van der Waals surface area contributed by atoms with E-state index >= 15 is 0 Å². The fourth-order valence-corrected chi connectivity index (χ4v) is 4.68. The highest BCUT2D eigenvalue weighted by Crippen LogP contribution is 2.39. The lowest BCUT2D eigenvalue weighted by Crippen LogP contribution is -2.64. The Kier molecular flexibility index (Phi) is 5.97. The van der Waals surface area contributed by atoms with Gasteiger partial charge in [0.25, 0.3) is 0 Å². The van der Waals surface area contributed by atoms with Gasteiger partial charge >= 0.3 is 0 Å². The summed E-state index contributed by atoms with van der Waals surface area (Å²) in [5.41, 5.74) is 6.65. The average Bonchev–Trinajstić information content (AvgIpc) is 2.69. The monoisotopic (exact) mass is 427 g/mol. The first-order valence-corrected chi connectivity index (χ1v) is 10.2. The number of aliphatic hydroxyl groups is 1. The molecule has 3 N–H and O–H groups in total. The van der Waals surface area contributed by atoms with E-state index in [-0.39, 0.29) is 6.10 Å². The van der Waals surface area contributed by atoms with Gasteiger partial charge in [0.2, 0.25) is 0 Å². The van der Waals surface area contributed by atoms with Crippen LogP contribution in [0.3, 0.4) is 0 Å². The molecule has 144 valence electrons. The molecular formula is C19H19Cl2NO4S. The maximum Gasteiger partial charge on any atom is 0.184 e. The number of thioether (sulfide) groups is 1. The zero-order valence-corrected chi connectivity index (χ0v) is 16.5. The fourth-order valence-electron chi connectivity index (χ4n) is 3.20. The third-order valence-corrected chi connectivity index (χ3v) is 6.52. The van der Waals surface area contributed by atoms with Gasteiger partial charge in [-0.2, -0.15) is 0 Å². The Morgan fingerprint density at radius 3 is 2.56 bits per heavy atom. The number of nitrogens with two attached hydrogens (primary N) is 1. The zero-order chi connectivity index (χ0) is 19.0. The fraction of sp³-hybridized carbons (Fsp3) is 0.368. The van der Waals surface area contributed by atoms with E-state index < -0.39 is 30.0 Å². The number of hydrogen-bond donors (Lipinski definition) is 2. The molecule has 0 spiro atoms. The van der Waals surface area contributed by atoms with Crippen molar-refractivity contribution in [1.29, 1.82) is 0 Å². The Bertz CT molecular complexity index is 795. The van der Waals surface area contributed by atoms with Crippen LogP contribution in [0.15, 0.2) is 53.4 Å². The van der Waals surface area contributed by atoms with Crippen LogP contribution in [0.5, 0.6) is 0 Å². The predicted molar refractivity (Wildman–Crippen MR) is 105 cm³/mol. The summed E-state index contributed by atoms with van der Waals surface area (Å²) < 4.78 is 17.9. The molecule has 2 aliphatic rings. The number of hydrogen-bond acceptors (Lipinski definition) is 6. The Morgan fingerprint density at radius 1 is 1.04 bits per heavy atom. The Balaban J connectivity index is 1.46. The Hall–Kier alpha value is -0.830. The van der Waals surface area contributed by atoms with Crippen LogP contribution in [0.2, 0.25) is 10.0 Å². The lowest BCUT2D eigenvalue weighted by molar-refractivity contribution is -0.297. The standard InChI is InChI=1S/C19H19Cl2NO4S/c20-12-7-6-11(8-13(12)21)27-19-16(23)15(22)17-14(25-19)9-24-18(26-17)10-4-2-1-3-5-10/h1-8,14-19,23H,9,22H2/t14-,15-,16-,17+,18?,19-/m1/s1. The number of fused-ring (bicyclic) bond motifs is 1. The molecule has 0 radical (unpaired) electrons. The Labute approximate surface area is 171 Å². The molecule has 0 aromatic heterocycles. The molecule has 2 heterocycles. The number of ether oxygens (including phenoxy) is 3. The first-order valence-electron chi connectivity index (χ1n) is 8.56. The maximum atomic E-state index is 10.7. The average molecular weight is 428 g/mol. The molecule has 0 saturated carbocycles. The molecule has 2 aromatic carbocycles. The second-order valence-corrected chi connectivity index (χ2v) is 8.47. The van der Waals surface area contributed by atoms with Gasteiger partial charge in [0.05, 0.1) is 22.7 Å². The molecule has 27 heavy (non-hydrogen) atoms. The minimum absolute atomic E-state index is 0.336. The van der Waals surface area contributed by atoms with Gasteiger partial charge in [-0.25, -0.2) is 0 Å². The van der Waals surface area contributed by atoms with E-state index in [2.05, 4.69) is 0 Å². The zero-order valence-electron chi connectivity index (χ0n) is 14.2. The number of halogens is 2. The third-order valence-electron chi connectivity index (χ3n) is 4.64. The summed E-state index contributed by atoms with van der Waals surface area (Å²) in [6.07, 6.45) is -2.23. The quantitative estimate of drug-likeness (QED) is 0.778. The van der Waals surface area contributed by atoms with E-state index in [0.29, 0.717) is 16.7 Å². The van der Waals surface area contributed by atoms with Gasteiger partial charge in [-0.3, -0.25) is 0 Å². The summed E-state index contributed by atoms with van der Waals surface area (Å²) in [6.45, 7) is 0.336. The van der Waals surface area contributed by atoms with Gasteiger partial charge in [-0.05, 0) is 18.2 Å². The summed E-state index contributed by atoms with van der Waals surface area (Å²) >= 11 is 13.4. The van der Waals surface area contributed by atoms with Gasteiger partial charge in [0.15, 0.2) is 6.29 Å². The van der Waals surface area contributed by atoms with Crippen LogP contribution in [0, 0.1) is 0 Å². The number of aliphatic hydroxyl groups excluding tert-OH is 1. The van der Waals surface area contributed by atoms with E-state index in [0.717, 1.165) is 10.5 Å². The molecule has 0 bridgehead atoms. The molecular weight excluding hydrogens is 409 g/mol. The minimum atomic E-state index is -0.903. The molecule has 1 unspecified atom stereocenters. The van der Waals surface area contributed by atoms with Crippen molar-refractivity contribution in [2.24, 2.45) is 5.73 Å². The van der Waals surface area contributed by atoms with Crippen LogP contribution < -0.4 is 5.73 Å². The van der Waals surface area contributed by atoms with E-state index in [9.17, 15) is 5.11 Å². The van der Waals surface area contributed by atoms with Crippen molar-refractivity contribution in [3.63, 3.8) is 0 Å². The van der Waals surface area contributed by atoms with Crippen LogP contribution in [-0.4, -0.2) is 41.5 Å². The van der Waals surface area contributed by atoms with Gasteiger partial charge in [-0.15, -0.1) is 0 Å². The lowest BCUT2D eigenvalue weighted by atomic mass is 9.97. The van der Waals surface area contributed by atoms with Gasteiger partial charge in [0, 0.05) is 10.5 Å². The van der Waals surface area contributed by atoms with Crippen molar-refractivity contribution in [2.45, 2.75) is 41.0 Å². The van der Waals surface area contributed by atoms with Crippen molar-refractivity contribution in [2.75, 3.05) is 6.61 Å². The first kappa shape index (κ1) is 19.5.